The number of nitrogens with one attached hydrogen (secondary N) is 1. The van der Waals surface area contributed by atoms with Gasteiger partial charge in [0, 0.05) is 6.54 Å². The number of likely N-dealkylation sites (N-methyl/N-ethyl adjacent to an activating group) is 1. The third kappa shape index (κ3) is 3.14. The number of carbonyl (C=O) groups excluding carboxylic acids is 1. The van der Waals surface area contributed by atoms with Crippen molar-refractivity contribution < 1.29 is 27.9 Å². The number of hydrogen-bond acceptors (Lipinski definition) is 5. The van der Waals surface area contributed by atoms with Crippen LogP contribution in [0.2, 0.25) is 0 Å². The van der Waals surface area contributed by atoms with E-state index in [0.29, 0.717) is 18.0 Å². The summed E-state index contributed by atoms with van der Waals surface area (Å²) in [5, 5.41) is 8.53. The fourth-order valence-corrected chi connectivity index (χ4v) is 2.93. The van der Waals surface area contributed by atoms with E-state index in [1.807, 2.05) is 4.72 Å². The molecule has 1 aromatic rings. The zero-order valence-corrected chi connectivity index (χ0v) is 12.0. The molecule has 2 N–H and O–H groups in total. The van der Waals surface area contributed by atoms with Crippen LogP contribution < -0.4 is 14.4 Å². The number of carbonyl (C=O) groups is 2. The van der Waals surface area contributed by atoms with Crippen molar-refractivity contribution in [1.29, 1.82) is 0 Å². The van der Waals surface area contributed by atoms with E-state index >= 15 is 0 Å². The lowest BCUT2D eigenvalue weighted by Gasteiger charge is -2.28. The highest BCUT2D eigenvalue weighted by molar-refractivity contribution is 7.89. The molecule has 2 rings (SSSR count). The van der Waals surface area contributed by atoms with Gasteiger partial charge in [-0.1, -0.05) is 0 Å². The molecule has 0 saturated heterocycles. The van der Waals surface area contributed by atoms with E-state index in [1.165, 1.54) is 23.1 Å². The van der Waals surface area contributed by atoms with Gasteiger partial charge in [0.25, 0.3) is 5.91 Å². The quantitative estimate of drug-likeness (QED) is 0.778. The van der Waals surface area contributed by atoms with Gasteiger partial charge < -0.3 is 14.7 Å². The largest absolute Gasteiger partial charge is 0.482 e. The summed E-state index contributed by atoms with van der Waals surface area (Å²) in [4.78, 5) is 23.5. The van der Waals surface area contributed by atoms with E-state index in [-0.39, 0.29) is 17.4 Å². The highest BCUT2D eigenvalue weighted by Gasteiger charge is 2.26. The van der Waals surface area contributed by atoms with Gasteiger partial charge in [0.05, 0.1) is 10.6 Å². The SMILES string of the molecule is CCN1C(=O)COc2ccc(S(=O)(=O)NCC(=O)O)cc21. The minimum atomic E-state index is -3.96. The zero-order valence-electron chi connectivity index (χ0n) is 11.2. The molecular formula is C12H14N2O6S. The van der Waals surface area contributed by atoms with Crippen molar-refractivity contribution in [2.75, 3.05) is 24.6 Å². The molecule has 1 heterocycles. The van der Waals surface area contributed by atoms with Crippen LogP contribution in [0.15, 0.2) is 23.1 Å². The standard InChI is InChI=1S/C12H14N2O6S/c1-2-14-9-5-8(21(18,19)13-6-12(16)17)3-4-10(9)20-7-11(14)15/h3-5,13H,2,6-7H2,1H3,(H,16,17). The first-order valence-corrected chi connectivity index (χ1v) is 7.62. The van der Waals surface area contributed by atoms with Crippen molar-refractivity contribution >= 4 is 27.6 Å². The number of amides is 1. The number of ether oxygens (including phenoxy) is 1. The third-order valence-corrected chi connectivity index (χ3v) is 4.31. The van der Waals surface area contributed by atoms with Gasteiger partial charge in [-0.05, 0) is 25.1 Å². The molecule has 9 heteroatoms. The van der Waals surface area contributed by atoms with E-state index < -0.39 is 22.5 Å². The molecule has 0 bridgehead atoms. The lowest BCUT2D eigenvalue weighted by atomic mass is 10.2. The van der Waals surface area contributed by atoms with Crippen LogP contribution >= 0.6 is 0 Å². The normalized spacial score (nSPS) is 14.5. The van der Waals surface area contributed by atoms with Gasteiger partial charge >= 0.3 is 5.97 Å². The van der Waals surface area contributed by atoms with Gasteiger partial charge in [-0.2, -0.15) is 4.72 Å². The van der Waals surface area contributed by atoms with Crippen LogP contribution in [0.1, 0.15) is 6.92 Å². The summed E-state index contributed by atoms with van der Waals surface area (Å²) in [6.07, 6.45) is 0. The van der Waals surface area contributed by atoms with E-state index in [2.05, 4.69) is 0 Å². The lowest BCUT2D eigenvalue weighted by Crippen LogP contribution is -2.38. The number of benzene rings is 1. The molecule has 0 fully saturated rings. The molecule has 0 saturated carbocycles. The Labute approximate surface area is 121 Å². The fraction of sp³-hybridized carbons (Fsp3) is 0.333. The Hall–Kier alpha value is -2.13. The Morgan fingerprint density at radius 1 is 1.48 bits per heavy atom. The number of aliphatic carboxylic acids is 1. The predicted octanol–water partition coefficient (Wildman–Crippen LogP) is -0.205. The number of sulfonamides is 1. The number of carboxylic acids is 1. The van der Waals surface area contributed by atoms with E-state index in [0.717, 1.165) is 0 Å². The summed E-state index contributed by atoms with van der Waals surface area (Å²) >= 11 is 0. The first kappa shape index (κ1) is 15.3. The smallest absolute Gasteiger partial charge is 0.318 e. The minimum Gasteiger partial charge on any atom is -0.482 e. The number of rotatable bonds is 5. The average molecular weight is 314 g/mol. The molecule has 21 heavy (non-hydrogen) atoms. The van der Waals surface area contributed by atoms with Crippen LogP contribution in [0.5, 0.6) is 5.75 Å². The molecule has 0 radical (unpaired) electrons. The second kappa shape index (κ2) is 5.70. The van der Waals surface area contributed by atoms with Gasteiger partial charge in [0.15, 0.2) is 6.61 Å². The average Bonchev–Trinajstić information content (AvgIpc) is 2.44. The molecular weight excluding hydrogens is 300 g/mol. The fourth-order valence-electron chi connectivity index (χ4n) is 1.94. The molecule has 0 atom stereocenters. The molecule has 1 aliphatic heterocycles. The Bertz CT molecular complexity index is 685. The Morgan fingerprint density at radius 2 is 2.19 bits per heavy atom. The number of carboxylic acid groups (broad SMARTS) is 1. The third-order valence-electron chi connectivity index (χ3n) is 2.91. The molecule has 1 amide bonds. The number of hydrogen-bond donors (Lipinski definition) is 2. The van der Waals surface area contributed by atoms with Crippen LogP contribution in [0, 0.1) is 0 Å². The van der Waals surface area contributed by atoms with Gasteiger partial charge in [-0.15, -0.1) is 0 Å². The summed E-state index contributed by atoms with van der Waals surface area (Å²) in [6, 6.07) is 4.03. The van der Waals surface area contributed by atoms with Crippen molar-refractivity contribution in [3.8, 4) is 5.75 Å². The van der Waals surface area contributed by atoms with E-state index in [9.17, 15) is 18.0 Å². The minimum absolute atomic E-state index is 0.0931. The van der Waals surface area contributed by atoms with Crippen LogP contribution in [0.3, 0.4) is 0 Å². The van der Waals surface area contributed by atoms with Crippen LogP contribution in [-0.4, -0.2) is 45.1 Å². The number of nitrogens with zero attached hydrogens (tertiary/aromatic N) is 1. The monoisotopic (exact) mass is 314 g/mol. The van der Waals surface area contributed by atoms with Crippen molar-refractivity contribution in [2.45, 2.75) is 11.8 Å². The van der Waals surface area contributed by atoms with Crippen LogP contribution in [-0.2, 0) is 19.6 Å². The van der Waals surface area contributed by atoms with Gasteiger partial charge in [-0.25, -0.2) is 8.42 Å². The molecule has 0 spiro atoms. The Kier molecular flexibility index (Phi) is 4.14. The van der Waals surface area contributed by atoms with E-state index in [4.69, 9.17) is 9.84 Å². The topological polar surface area (TPSA) is 113 Å². The molecule has 0 unspecified atom stereocenters. The molecule has 8 nitrogen and oxygen atoms in total. The molecule has 114 valence electrons. The van der Waals surface area contributed by atoms with Crippen LogP contribution in [0.25, 0.3) is 0 Å². The van der Waals surface area contributed by atoms with Crippen molar-refractivity contribution in [1.82, 2.24) is 4.72 Å². The first-order chi connectivity index (χ1) is 9.85. The maximum atomic E-state index is 12.0. The van der Waals surface area contributed by atoms with Crippen molar-refractivity contribution in [2.24, 2.45) is 0 Å². The van der Waals surface area contributed by atoms with Crippen LogP contribution in [0.4, 0.5) is 5.69 Å². The second-order valence-corrected chi connectivity index (χ2v) is 6.04. The Morgan fingerprint density at radius 3 is 2.81 bits per heavy atom. The van der Waals surface area contributed by atoms with Crippen molar-refractivity contribution in [3.05, 3.63) is 18.2 Å². The Balaban J connectivity index is 2.38. The second-order valence-electron chi connectivity index (χ2n) is 4.27. The molecule has 0 aliphatic carbocycles. The van der Waals surface area contributed by atoms with Gasteiger partial charge in [0.2, 0.25) is 10.0 Å². The maximum Gasteiger partial charge on any atom is 0.318 e. The summed E-state index contributed by atoms with van der Waals surface area (Å²) in [6.45, 7) is 1.33. The lowest BCUT2D eigenvalue weighted by molar-refractivity contribution is -0.135. The predicted molar refractivity (Wildman–Crippen MR) is 72.8 cm³/mol. The summed E-state index contributed by atoms with van der Waals surface area (Å²) < 4.78 is 31.1. The summed E-state index contributed by atoms with van der Waals surface area (Å²) in [7, 11) is -3.96. The number of anilines is 1. The highest BCUT2D eigenvalue weighted by atomic mass is 32.2. The zero-order chi connectivity index (χ0) is 15.6. The van der Waals surface area contributed by atoms with Crippen molar-refractivity contribution in [3.63, 3.8) is 0 Å². The highest BCUT2D eigenvalue weighted by Crippen LogP contribution is 2.33. The van der Waals surface area contributed by atoms with E-state index in [1.54, 1.807) is 6.92 Å². The first-order valence-electron chi connectivity index (χ1n) is 6.14. The number of fused-ring (bicyclic) bond motifs is 1. The van der Waals surface area contributed by atoms with Gasteiger partial charge in [0.1, 0.15) is 12.3 Å². The van der Waals surface area contributed by atoms with Gasteiger partial charge in [-0.3, -0.25) is 9.59 Å². The maximum absolute atomic E-state index is 12.0. The molecule has 1 aromatic carbocycles. The summed E-state index contributed by atoms with van der Waals surface area (Å²) in [5.41, 5.74) is 0.354. The molecule has 0 aromatic heterocycles. The summed E-state index contributed by atoms with van der Waals surface area (Å²) in [5.74, 6) is -1.14. The molecule has 1 aliphatic rings.